The Labute approximate surface area is 152 Å². The highest BCUT2D eigenvalue weighted by Crippen LogP contribution is 2.33. The molecule has 0 spiro atoms. The van der Waals surface area contributed by atoms with E-state index in [1.165, 1.54) is 18.4 Å². The van der Waals surface area contributed by atoms with Gasteiger partial charge in [-0.15, -0.1) is 0 Å². The molecule has 0 fully saturated rings. The quantitative estimate of drug-likeness (QED) is 0.688. The minimum Gasteiger partial charge on any atom is -0.484 e. The summed E-state index contributed by atoms with van der Waals surface area (Å²) in [6.07, 6.45) is 4.44. The highest BCUT2D eigenvalue weighted by Gasteiger charge is 2.18. The maximum Gasteiger partial charge on any atom is 0.260 e. The fraction of sp³-hybridized carbons (Fsp3) is 0.381. The van der Waals surface area contributed by atoms with Crippen LogP contribution in [0, 0.1) is 6.92 Å². The molecule has 1 amide bonds. The molecule has 0 radical (unpaired) electrons. The molecule has 0 atom stereocenters. The minimum absolute atomic E-state index is 0.00173. The van der Waals surface area contributed by atoms with Crippen molar-refractivity contribution in [1.29, 1.82) is 0 Å². The first-order valence-corrected chi connectivity index (χ1v) is 9.06. The van der Waals surface area contributed by atoms with Crippen LogP contribution in [0.1, 0.15) is 35.7 Å². The normalized spacial score (nSPS) is 13.6. The summed E-state index contributed by atoms with van der Waals surface area (Å²) in [6.45, 7) is 2.32. The van der Waals surface area contributed by atoms with Gasteiger partial charge in [0, 0.05) is 24.4 Å². The van der Waals surface area contributed by atoms with Crippen molar-refractivity contribution in [3.63, 3.8) is 0 Å². The van der Waals surface area contributed by atoms with E-state index in [0.29, 0.717) is 12.3 Å². The second kappa shape index (κ2) is 6.90. The average molecular weight is 353 g/mol. The number of nitrogens with zero attached hydrogens (tertiary/aromatic N) is 1. The summed E-state index contributed by atoms with van der Waals surface area (Å²) in [5.74, 6) is 3.32. The molecule has 0 aliphatic heterocycles. The third-order valence-electron chi connectivity index (χ3n) is 4.90. The number of likely N-dealkylation sites (N-methyl/N-ethyl adjacent to an activating group) is 1. The highest BCUT2D eigenvalue weighted by molar-refractivity contribution is 5.84. The van der Waals surface area contributed by atoms with Gasteiger partial charge in [0.15, 0.2) is 6.61 Å². The first-order valence-electron chi connectivity index (χ1n) is 9.06. The van der Waals surface area contributed by atoms with Gasteiger partial charge in [-0.05, 0) is 56.5 Å². The Balaban J connectivity index is 1.41. The van der Waals surface area contributed by atoms with Crippen LogP contribution in [0.3, 0.4) is 0 Å². The monoisotopic (exact) mass is 353 g/mol. The van der Waals surface area contributed by atoms with Gasteiger partial charge < -0.3 is 18.5 Å². The Morgan fingerprint density at radius 3 is 2.81 bits per heavy atom. The van der Waals surface area contributed by atoms with E-state index < -0.39 is 0 Å². The number of rotatable bonds is 5. The summed E-state index contributed by atoms with van der Waals surface area (Å²) >= 11 is 0. The summed E-state index contributed by atoms with van der Waals surface area (Å²) in [5, 5.41) is 1.11. The predicted molar refractivity (Wildman–Crippen MR) is 98.3 cm³/mol. The first-order chi connectivity index (χ1) is 12.6. The van der Waals surface area contributed by atoms with Gasteiger partial charge in [-0.2, -0.15) is 0 Å². The summed E-state index contributed by atoms with van der Waals surface area (Å²) in [7, 11) is 1.75. The topological polar surface area (TPSA) is 55.8 Å². The van der Waals surface area contributed by atoms with Crippen LogP contribution in [0.5, 0.6) is 5.75 Å². The van der Waals surface area contributed by atoms with Crippen molar-refractivity contribution in [2.24, 2.45) is 0 Å². The van der Waals surface area contributed by atoms with Gasteiger partial charge in [0.1, 0.15) is 28.6 Å². The van der Waals surface area contributed by atoms with E-state index in [2.05, 4.69) is 0 Å². The summed E-state index contributed by atoms with van der Waals surface area (Å²) < 4.78 is 17.2. The van der Waals surface area contributed by atoms with Gasteiger partial charge in [0.2, 0.25) is 0 Å². The zero-order valence-corrected chi connectivity index (χ0v) is 15.2. The van der Waals surface area contributed by atoms with Crippen LogP contribution in [0.15, 0.2) is 39.2 Å². The number of carbonyl (C=O) groups excluding carboxylic acids is 1. The van der Waals surface area contributed by atoms with Gasteiger partial charge in [-0.25, -0.2) is 0 Å². The van der Waals surface area contributed by atoms with Crippen molar-refractivity contribution in [2.45, 2.75) is 39.2 Å². The van der Waals surface area contributed by atoms with Crippen molar-refractivity contribution >= 4 is 16.9 Å². The SMILES string of the molecule is Cc1ccc(CN(C)C(=O)COc2ccc3oc4c(c3c2)CCCC4)o1. The second-order valence-corrected chi connectivity index (χ2v) is 6.92. The molecule has 136 valence electrons. The molecule has 5 heteroatoms. The van der Waals surface area contributed by atoms with E-state index in [0.717, 1.165) is 41.1 Å². The number of benzene rings is 1. The highest BCUT2D eigenvalue weighted by atomic mass is 16.5. The molecular formula is C21H23NO4. The Morgan fingerprint density at radius 1 is 1.15 bits per heavy atom. The molecular weight excluding hydrogens is 330 g/mol. The molecule has 1 aliphatic carbocycles. The molecule has 2 heterocycles. The number of ether oxygens (including phenoxy) is 1. The van der Waals surface area contributed by atoms with E-state index >= 15 is 0 Å². The Hall–Kier alpha value is -2.69. The lowest BCUT2D eigenvalue weighted by atomic mass is 9.96. The number of carbonyl (C=O) groups is 1. The van der Waals surface area contributed by atoms with Crippen molar-refractivity contribution in [3.8, 4) is 5.75 Å². The Morgan fingerprint density at radius 2 is 2.00 bits per heavy atom. The van der Waals surface area contributed by atoms with Gasteiger partial charge in [-0.1, -0.05) is 0 Å². The van der Waals surface area contributed by atoms with Gasteiger partial charge in [-0.3, -0.25) is 4.79 Å². The van der Waals surface area contributed by atoms with Crippen molar-refractivity contribution < 1.29 is 18.4 Å². The molecule has 0 saturated heterocycles. The van der Waals surface area contributed by atoms with Gasteiger partial charge in [0.25, 0.3) is 5.91 Å². The fourth-order valence-corrected chi connectivity index (χ4v) is 3.48. The van der Waals surface area contributed by atoms with E-state index in [-0.39, 0.29) is 12.5 Å². The molecule has 0 bridgehead atoms. The molecule has 4 rings (SSSR count). The number of hydrogen-bond donors (Lipinski definition) is 0. The van der Waals surface area contributed by atoms with Gasteiger partial charge >= 0.3 is 0 Å². The van der Waals surface area contributed by atoms with Crippen molar-refractivity contribution in [2.75, 3.05) is 13.7 Å². The summed E-state index contributed by atoms with van der Waals surface area (Å²) in [5.41, 5.74) is 2.20. The van der Waals surface area contributed by atoms with E-state index in [4.69, 9.17) is 13.6 Å². The lowest BCUT2D eigenvalue weighted by molar-refractivity contribution is -0.132. The molecule has 26 heavy (non-hydrogen) atoms. The van der Waals surface area contributed by atoms with Crippen LogP contribution in [0.2, 0.25) is 0 Å². The number of hydrogen-bond acceptors (Lipinski definition) is 4. The average Bonchev–Trinajstić information content (AvgIpc) is 3.22. The molecule has 0 saturated carbocycles. The number of amides is 1. The number of furan rings is 2. The molecule has 1 aromatic carbocycles. The maximum absolute atomic E-state index is 12.3. The smallest absolute Gasteiger partial charge is 0.260 e. The van der Waals surface area contributed by atoms with E-state index in [1.807, 2.05) is 37.3 Å². The third kappa shape index (κ3) is 3.34. The maximum atomic E-state index is 12.3. The minimum atomic E-state index is -0.0895. The zero-order valence-electron chi connectivity index (χ0n) is 15.2. The van der Waals surface area contributed by atoms with Crippen molar-refractivity contribution in [1.82, 2.24) is 4.90 Å². The largest absolute Gasteiger partial charge is 0.484 e. The van der Waals surface area contributed by atoms with E-state index in [9.17, 15) is 4.79 Å². The van der Waals surface area contributed by atoms with Crippen LogP contribution in [-0.2, 0) is 24.2 Å². The number of fused-ring (bicyclic) bond motifs is 3. The van der Waals surface area contributed by atoms with Crippen LogP contribution in [0.4, 0.5) is 0 Å². The Kier molecular flexibility index (Phi) is 4.45. The number of aryl methyl sites for hydroxylation is 3. The van der Waals surface area contributed by atoms with E-state index in [1.54, 1.807) is 11.9 Å². The standard InChI is InChI=1S/C21H23NO4/c1-14-7-8-16(25-14)12-22(2)21(23)13-24-15-9-10-20-18(11-15)17-5-3-4-6-19(17)26-20/h7-11H,3-6,12-13H2,1-2H3. The van der Waals surface area contributed by atoms with Gasteiger partial charge in [0.05, 0.1) is 6.54 Å². The fourth-order valence-electron chi connectivity index (χ4n) is 3.48. The second-order valence-electron chi connectivity index (χ2n) is 6.92. The molecule has 0 unspecified atom stereocenters. The summed E-state index contributed by atoms with van der Waals surface area (Å²) in [4.78, 5) is 13.9. The molecule has 2 aromatic heterocycles. The Bertz CT molecular complexity index is 937. The first kappa shape index (κ1) is 16.8. The van der Waals surface area contributed by atoms with Crippen LogP contribution >= 0.6 is 0 Å². The molecule has 1 aliphatic rings. The third-order valence-corrected chi connectivity index (χ3v) is 4.90. The zero-order chi connectivity index (χ0) is 18.1. The molecule has 3 aromatic rings. The lowest BCUT2D eigenvalue weighted by Gasteiger charge is -2.16. The predicted octanol–water partition coefficient (Wildman–Crippen LogP) is 4.25. The lowest BCUT2D eigenvalue weighted by Crippen LogP contribution is -2.30. The van der Waals surface area contributed by atoms with Crippen molar-refractivity contribution in [3.05, 3.63) is 53.2 Å². The summed E-state index contributed by atoms with van der Waals surface area (Å²) in [6, 6.07) is 9.57. The van der Waals surface area contributed by atoms with Crippen LogP contribution in [0.25, 0.3) is 11.0 Å². The van der Waals surface area contributed by atoms with Crippen LogP contribution in [-0.4, -0.2) is 24.5 Å². The molecule has 5 nitrogen and oxygen atoms in total. The van der Waals surface area contributed by atoms with Crippen LogP contribution < -0.4 is 4.74 Å². The molecule has 0 N–H and O–H groups in total.